The van der Waals surface area contributed by atoms with E-state index in [-0.39, 0.29) is 67.5 Å². The molecule has 3 unspecified atom stereocenters. The Bertz CT molecular complexity index is 2730. The Morgan fingerprint density at radius 1 is 1.03 bits per heavy atom. The molecule has 5 aromatic rings. The number of H-pyrrole nitrogens is 1. The Hall–Kier alpha value is -4.90. The minimum atomic E-state index is -4.71. The number of benzene rings is 1. The highest BCUT2D eigenvalue weighted by atomic mass is 32.5. The van der Waals surface area contributed by atoms with E-state index in [9.17, 15) is 24.7 Å². The summed E-state index contributed by atoms with van der Waals surface area (Å²) in [5.41, 5.74) is -0.363. The minimum absolute atomic E-state index is 0.00756. The number of aromatic nitrogens is 8. The van der Waals surface area contributed by atoms with Gasteiger partial charge in [-0.2, -0.15) is 10.5 Å². The zero-order valence-electron chi connectivity index (χ0n) is 32.1. The Labute approximate surface area is 350 Å². The second-order valence-corrected chi connectivity index (χ2v) is 19.5. The van der Waals surface area contributed by atoms with Gasteiger partial charge in [-0.1, -0.05) is 25.1 Å². The number of phosphoric acid groups is 1. The maximum absolute atomic E-state index is 16.8. The van der Waals surface area contributed by atoms with Gasteiger partial charge in [0.2, 0.25) is 0 Å². The van der Waals surface area contributed by atoms with Crippen molar-refractivity contribution in [3.8, 4) is 12.1 Å². The highest BCUT2D eigenvalue weighted by molar-refractivity contribution is 8.07. The minimum Gasteiger partial charge on any atom is -0.346 e. The van der Waals surface area contributed by atoms with Gasteiger partial charge in [-0.15, -0.1) is 0 Å². The van der Waals surface area contributed by atoms with Gasteiger partial charge in [-0.25, -0.2) is 33.9 Å². The molecule has 2 saturated carbocycles. The van der Waals surface area contributed by atoms with Crippen LogP contribution in [0.25, 0.3) is 22.3 Å². The molecule has 2 saturated heterocycles. The van der Waals surface area contributed by atoms with Crippen molar-refractivity contribution in [2.45, 2.75) is 62.9 Å². The van der Waals surface area contributed by atoms with Gasteiger partial charge in [0.15, 0.2) is 40.5 Å². The molecule has 2 N–H and O–H groups in total. The van der Waals surface area contributed by atoms with Crippen molar-refractivity contribution in [3.05, 3.63) is 71.6 Å². The number of ether oxygens (including phenoxy) is 1. The van der Waals surface area contributed by atoms with E-state index in [1.807, 2.05) is 23.6 Å². The summed E-state index contributed by atoms with van der Waals surface area (Å²) in [6.45, 7) is -3.20. The molecule has 4 aromatic heterocycles. The van der Waals surface area contributed by atoms with Gasteiger partial charge in [-0.05, 0) is 36.3 Å². The number of amides is 1. The molecule has 2 aliphatic carbocycles. The summed E-state index contributed by atoms with van der Waals surface area (Å²) < 4.78 is 77.4. The van der Waals surface area contributed by atoms with E-state index in [1.165, 1.54) is 17.2 Å². The van der Waals surface area contributed by atoms with Gasteiger partial charge < -0.3 is 33.2 Å². The molecule has 6 heterocycles. The van der Waals surface area contributed by atoms with Crippen molar-refractivity contribution in [1.29, 1.82) is 10.5 Å². The molecular formula is C36H36FN11O10P2S. The number of phosphoric ester groups is 1. The van der Waals surface area contributed by atoms with E-state index in [2.05, 4.69) is 35.2 Å². The largest absolute Gasteiger partial charge is 0.475 e. The number of hydrogen-bond donors (Lipinski definition) is 2. The van der Waals surface area contributed by atoms with Crippen molar-refractivity contribution >= 4 is 60.4 Å². The lowest BCUT2D eigenvalue weighted by molar-refractivity contribution is -0.0556. The lowest BCUT2D eigenvalue weighted by atomic mass is 9.94. The summed E-state index contributed by atoms with van der Waals surface area (Å²) >= 11 is 6.00. The summed E-state index contributed by atoms with van der Waals surface area (Å²) in [4.78, 5) is 49.5. The van der Waals surface area contributed by atoms with Gasteiger partial charge in [0, 0.05) is 22.9 Å². The van der Waals surface area contributed by atoms with Crippen LogP contribution in [-0.4, -0.2) is 95.9 Å². The van der Waals surface area contributed by atoms with E-state index < -0.39 is 68.8 Å². The fraction of sp³-hybridized carbons (Fsp3) is 0.472. The number of alkyl halides is 1. The first-order chi connectivity index (χ1) is 29.5. The third-order valence-corrected chi connectivity index (χ3v) is 15.1. The Morgan fingerprint density at radius 3 is 2.56 bits per heavy atom. The molecule has 0 radical (unpaired) electrons. The summed E-state index contributed by atoms with van der Waals surface area (Å²) in [5.74, 6) is -0.821. The molecule has 11 atom stereocenters. The number of anilines is 1. The predicted molar refractivity (Wildman–Crippen MR) is 211 cm³/mol. The van der Waals surface area contributed by atoms with Crippen molar-refractivity contribution in [1.82, 2.24) is 39.0 Å². The van der Waals surface area contributed by atoms with Crippen molar-refractivity contribution in [3.63, 3.8) is 0 Å². The number of nitrogens with zero attached hydrogens (tertiary/aromatic N) is 9. The summed E-state index contributed by atoms with van der Waals surface area (Å²) in [7, 11) is -4.71. The number of nitrogens with one attached hydrogen (secondary N) is 2. The molecule has 4 fully saturated rings. The summed E-state index contributed by atoms with van der Waals surface area (Å²) in [6.07, 6.45) is -1.99. The Kier molecular flexibility index (Phi) is 11.2. The van der Waals surface area contributed by atoms with E-state index in [0.717, 1.165) is 6.33 Å². The van der Waals surface area contributed by atoms with Crippen LogP contribution in [-0.2, 0) is 48.3 Å². The highest BCUT2D eigenvalue weighted by Crippen LogP contribution is 2.74. The smallest absolute Gasteiger partial charge is 0.346 e. The van der Waals surface area contributed by atoms with E-state index in [4.69, 9.17) is 43.7 Å². The number of nitriles is 2. The average Bonchev–Trinajstić information content (AvgIpc) is 3.52. The number of fused-ring (bicyclic) bond motifs is 3. The van der Waals surface area contributed by atoms with Gasteiger partial charge >= 0.3 is 14.5 Å². The fourth-order valence-electron chi connectivity index (χ4n) is 8.52. The van der Waals surface area contributed by atoms with Crippen LogP contribution in [0.2, 0.25) is 0 Å². The number of halogens is 1. The van der Waals surface area contributed by atoms with E-state index in [0.29, 0.717) is 23.1 Å². The molecule has 4 aliphatic rings. The lowest BCUT2D eigenvalue weighted by Gasteiger charge is -2.35. The molecule has 25 heteroatoms. The van der Waals surface area contributed by atoms with Crippen LogP contribution in [0.4, 0.5) is 10.2 Å². The number of rotatable bonds is 10. The van der Waals surface area contributed by atoms with Gasteiger partial charge in [0.25, 0.3) is 11.5 Å². The second kappa shape index (κ2) is 16.4. The van der Waals surface area contributed by atoms with Crippen LogP contribution in [0.3, 0.4) is 0 Å². The van der Waals surface area contributed by atoms with Crippen molar-refractivity contribution in [2.75, 3.05) is 31.7 Å². The topological polar surface area (TPSA) is 266 Å². The van der Waals surface area contributed by atoms with Crippen LogP contribution < -0.4 is 10.9 Å². The normalized spacial score (nSPS) is 33.4. The quantitative estimate of drug-likeness (QED) is 0.143. The molecule has 61 heavy (non-hydrogen) atoms. The SMILES string of the molecule is C[C@H]1[C@H](n2cnc3c(NC(=O)c4ccccc4)ncnc32)[C@H]2CC23COP(=O)(OCCC#N)O[C@H]2[C@@H](F)[C@H](n4cnc5c(=O)[nH]cnc54)O[C@@H]2COP(=S)(OCCC#N)O[C@@H]13. The van der Waals surface area contributed by atoms with E-state index >= 15 is 4.39 Å². The Morgan fingerprint density at radius 2 is 1.77 bits per heavy atom. The summed E-state index contributed by atoms with van der Waals surface area (Å²) in [5, 5.41) is 21.5. The zero-order valence-corrected chi connectivity index (χ0v) is 34.7. The predicted octanol–water partition coefficient (Wildman–Crippen LogP) is 4.65. The van der Waals surface area contributed by atoms with Crippen molar-refractivity contribution < 1.29 is 45.6 Å². The van der Waals surface area contributed by atoms with Crippen LogP contribution in [0.1, 0.15) is 48.8 Å². The number of hydrogen-bond acceptors (Lipinski definition) is 18. The third kappa shape index (κ3) is 7.59. The first kappa shape index (κ1) is 41.5. The molecule has 1 aromatic carbocycles. The monoisotopic (exact) mass is 895 g/mol. The van der Waals surface area contributed by atoms with E-state index in [1.54, 1.807) is 36.7 Å². The van der Waals surface area contributed by atoms with Gasteiger partial charge in [-0.3, -0.25) is 27.7 Å². The lowest BCUT2D eigenvalue weighted by Crippen LogP contribution is -2.37. The number of carbonyl (C=O) groups is 1. The molecule has 1 amide bonds. The number of aromatic amines is 1. The van der Waals surface area contributed by atoms with Gasteiger partial charge in [0.1, 0.15) is 18.5 Å². The standard InChI is InChI=1S/C36H36FN11O10P2S/c1-20-27(47-18-44-25-30(40-16-41-31(25)47)46-33(49)21-7-3-2-4-8-21)22-13-36(22)15-55-59(51,52-11-5-9-38)57-28-23(14-54-60(61,58-29(20)36)53-12-6-10-39)56-35(24(28)37)48-19-45-26-32(48)42-17-43-34(26)50/h2-4,7-8,16-20,22-24,27-29,35H,5-6,11-15H2,1H3,(H,42,43,50)(H,40,41,46,49)/t20-,22+,23+,24+,27-,28+,29-,35+,36?,59?,60?/m0/s1. The van der Waals surface area contributed by atoms with Crippen LogP contribution in [0, 0.1) is 39.9 Å². The average molecular weight is 896 g/mol. The molecule has 2 aliphatic heterocycles. The molecular weight excluding hydrogens is 859 g/mol. The van der Waals surface area contributed by atoms with Crippen molar-refractivity contribution in [2.24, 2.45) is 17.3 Å². The van der Waals surface area contributed by atoms with Crippen LogP contribution >= 0.6 is 14.5 Å². The van der Waals surface area contributed by atoms with Crippen LogP contribution in [0.15, 0.2) is 60.4 Å². The highest BCUT2D eigenvalue weighted by Gasteiger charge is 2.73. The fourth-order valence-corrected chi connectivity index (χ4v) is 12.2. The van der Waals surface area contributed by atoms with Crippen LogP contribution in [0.5, 0.6) is 0 Å². The third-order valence-electron chi connectivity index (χ3n) is 11.3. The molecule has 0 bridgehead atoms. The second-order valence-electron chi connectivity index (χ2n) is 14.9. The maximum Gasteiger partial charge on any atom is 0.475 e. The zero-order chi connectivity index (χ0) is 42.5. The summed E-state index contributed by atoms with van der Waals surface area (Å²) in [6, 6.07) is 12.2. The molecule has 9 rings (SSSR count). The number of carbonyl (C=O) groups excluding carboxylic acids is 1. The molecule has 1 spiro atoms. The first-order valence-corrected chi connectivity index (χ1v) is 23.1. The van der Waals surface area contributed by atoms with Gasteiger partial charge in [0.05, 0.1) is 76.5 Å². The maximum atomic E-state index is 16.8. The molecule has 318 valence electrons. The Balaban J connectivity index is 1.06. The molecule has 21 nitrogen and oxygen atoms in total. The number of imidazole rings is 2. The first-order valence-electron chi connectivity index (χ1n) is 19.1.